The summed E-state index contributed by atoms with van der Waals surface area (Å²) in [5, 5.41) is 1.05. The van der Waals surface area contributed by atoms with Gasteiger partial charge in [-0.25, -0.2) is 4.79 Å². The molecular weight excluding hydrogens is 376 g/mol. The fourth-order valence-electron chi connectivity index (χ4n) is 4.42. The van der Waals surface area contributed by atoms with Crippen LogP contribution in [0.4, 0.5) is 5.69 Å². The summed E-state index contributed by atoms with van der Waals surface area (Å²) in [7, 11) is 1.72. The molecule has 0 saturated carbocycles. The molecule has 30 heavy (non-hydrogen) atoms. The van der Waals surface area contributed by atoms with Crippen molar-refractivity contribution in [2.75, 3.05) is 38.2 Å². The van der Waals surface area contributed by atoms with Gasteiger partial charge in [-0.05, 0) is 53.8 Å². The Labute approximate surface area is 177 Å². The Balaban J connectivity index is 1.55. The van der Waals surface area contributed by atoms with Crippen molar-refractivity contribution >= 4 is 16.7 Å². The maximum atomic E-state index is 12.2. The number of aryl methyl sites for hydroxylation is 1. The third kappa shape index (κ3) is 4.08. The first-order valence-corrected chi connectivity index (χ1v) is 10.6. The van der Waals surface area contributed by atoms with Crippen LogP contribution in [0.15, 0.2) is 51.7 Å². The zero-order chi connectivity index (χ0) is 21.3. The average Bonchev–Trinajstić information content (AvgIpc) is 2.73. The van der Waals surface area contributed by atoms with Crippen molar-refractivity contribution in [3.05, 3.63) is 69.6 Å². The molecule has 3 aromatic rings. The number of hydrogen-bond acceptors (Lipinski definition) is 5. The molecule has 5 nitrogen and oxygen atoms in total. The Morgan fingerprint density at radius 3 is 2.50 bits per heavy atom. The smallest absolute Gasteiger partial charge is 0.336 e. The van der Waals surface area contributed by atoms with Crippen LogP contribution in [0.1, 0.15) is 36.5 Å². The van der Waals surface area contributed by atoms with Crippen molar-refractivity contribution in [3.63, 3.8) is 0 Å². The number of ether oxygens (including phenoxy) is 1. The molecule has 1 saturated heterocycles. The van der Waals surface area contributed by atoms with Gasteiger partial charge in [0, 0.05) is 44.2 Å². The van der Waals surface area contributed by atoms with Crippen molar-refractivity contribution in [2.45, 2.75) is 33.2 Å². The van der Waals surface area contributed by atoms with Gasteiger partial charge in [-0.2, -0.15) is 0 Å². The molecule has 1 aliphatic rings. The summed E-state index contributed by atoms with van der Waals surface area (Å²) >= 11 is 0. The predicted molar refractivity (Wildman–Crippen MR) is 122 cm³/mol. The van der Waals surface area contributed by atoms with Crippen molar-refractivity contribution < 1.29 is 9.15 Å². The minimum Gasteiger partial charge on any atom is -0.495 e. The van der Waals surface area contributed by atoms with Gasteiger partial charge in [0.25, 0.3) is 0 Å². The topological polar surface area (TPSA) is 45.9 Å². The minimum atomic E-state index is -0.276. The van der Waals surface area contributed by atoms with E-state index in [0.717, 1.165) is 55.1 Å². The van der Waals surface area contributed by atoms with Gasteiger partial charge in [0.05, 0.1) is 12.8 Å². The largest absolute Gasteiger partial charge is 0.495 e. The second-order valence-electron chi connectivity index (χ2n) is 8.39. The molecule has 5 heteroatoms. The summed E-state index contributed by atoms with van der Waals surface area (Å²) < 4.78 is 11.0. The van der Waals surface area contributed by atoms with E-state index in [4.69, 9.17) is 9.15 Å². The number of hydrogen-bond donors (Lipinski definition) is 0. The number of methoxy groups -OCH3 is 1. The first-order valence-electron chi connectivity index (χ1n) is 10.6. The van der Waals surface area contributed by atoms with E-state index in [1.54, 1.807) is 13.2 Å². The van der Waals surface area contributed by atoms with Crippen LogP contribution in [0.25, 0.3) is 11.0 Å². The number of rotatable bonds is 5. The Bertz CT molecular complexity index is 1100. The summed E-state index contributed by atoms with van der Waals surface area (Å²) in [6, 6.07) is 14.0. The summed E-state index contributed by atoms with van der Waals surface area (Å²) in [5.41, 5.74) is 5.08. The second kappa shape index (κ2) is 8.52. The van der Waals surface area contributed by atoms with Gasteiger partial charge in [0.2, 0.25) is 0 Å². The Kier molecular flexibility index (Phi) is 5.82. The lowest BCUT2D eigenvalue weighted by Crippen LogP contribution is -2.46. The number of benzene rings is 2. The summed E-state index contributed by atoms with van der Waals surface area (Å²) in [4.78, 5) is 17.0. The fourth-order valence-corrected chi connectivity index (χ4v) is 4.42. The molecule has 0 amide bonds. The molecule has 2 heterocycles. The monoisotopic (exact) mass is 406 g/mol. The van der Waals surface area contributed by atoms with Crippen LogP contribution in [0, 0.1) is 6.92 Å². The third-order valence-electron chi connectivity index (χ3n) is 6.03. The molecule has 0 N–H and O–H groups in total. The molecule has 1 aliphatic heterocycles. The lowest BCUT2D eigenvalue weighted by atomic mass is 9.95. The lowest BCUT2D eigenvalue weighted by Gasteiger charge is -2.36. The molecular formula is C25H30N2O3. The molecule has 2 aromatic carbocycles. The number of nitrogens with zero attached hydrogens (tertiary/aromatic N) is 2. The van der Waals surface area contributed by atoms with Crippen LogP contribution in [0.5, 0.6) is 5.75 Å². The maximum absolute atomic E-state index is 12.2. The highest BCUT2D eigenvalue weighted by Crippen LogP contribution is 2.30. The van der Waals surface area contributed by atoms with Gasteiger partial charge < -0.3 is 14.1 Å². The number of fused-ring (bicyclic) bond motifs is 1. The molecule has 0 radical (unpaired) electrons. The SMILES string of the molecule is COc1ccccc1N1CCN(Cc2cc(=O)oc3cc(C)c(C(C)C)cc23)CC1. The van der Waals surface area contributed by atoms with Crippen LogP contribution in [-0.2, 0) is 6.54 Å². The molecule has 0 spiro atoms. The third-order valence-corrected chi connectivity index (χ3v) is 6.03. The number of para-hydroxylation sites is 2. The highest BCUT2D eigenvalue weighted by Gasteiger charge is 2.21. The average molecular weight is 407 g/mol. The second-order valence-corrected chi connectivity index (χ2v) is 8.39. The minimum absolute atomic E-state index is 0.276. The molecule has 0 bridgehead atoms. The van der Waals surface area contributed by atoms with Crippen LogP contribution in [0.3, 0.4) is 0 Å². The van der Waals surface area contributed by atoms with E-state index in [1.165, 1.54) is 11.1 Å². The highest BCUT2D eigenvalue weighted by molar-refractivity contribution is 5.82. The van der Waals surface area contributed by atoms with E-state index in [2.05, 4.69) is 42.7 Å². The Hall–Kier alpha value is -2.79. The van der Waals surface area contributed by atoms with Gasteiger partial charge >= 0.3 is 5.63 Å². The molecule has 1 fully saturated rings. The first-order chi connectivity index (χ1) is 14.5. The van der Waals surface area contributed by atoms with E-state index in [1.807, 2.05) is 24.3 Å². The highest BCUT2D eigenvalue weighted by atomic mass is 16.5. The van der Waals surface area contributed by atoms with Gasteiger partial charge in [-0.3, -0.25) is 4.90 Å². The first kappa shape index (κ1) is 20.5. The van der Waals surface area contributed by atoms with Crippen molar-refractivity contribution in [3.8, 4) is 5.75 Å². The zero-order valence-electron chi connectivity index (χ0n) is 18.3. The number of piperazine rings is 1. The number of anilines is 1. The zero-order valence-corrected chi connectivity index (χ0v) is 18.3. The van der Waals surface area contributed by atoms with Gasteiger partial charge in [-0.1, -0.05) is 26.0 Å². The summed E-state index contributed by atoms with van der Waals surface area (Å²) in [6.45, 7) is 11.0. The lowest BCUT2D eigenvalue weighted by molar-refractivity contribution is 0.249. The predicted octanol–water partition coefficient (Wildman–Crippen LogP) is 4.56. The molecule has 0 aliphatic carbocycles. The molecule has 0 atom stereocenters. The summed E-state index contributed by atoms with van der Waals surface area (Å²) in [6.07, 6.45) is 0. The molecule has 4 rings (SSSR count). The van der Waals surface area contributed by atoms with Gasteiger partial charge in [-0.15, -0.1) is 0 Å². The Morgan fingerprint density at radius 2 is 1.80 bits per heavy atom. The molecule has 0 unspecified atom stereocenters. The van der Waals surface area contributed by atoms with Crippen LogP contribution in [0.2, 0.25) is 0 Å². The van der Waals surface area contributed by atoms with Crippen molar-refractivity contribution in [2.24, 2.45) is 0 Å². The standard InChI is InChI=1S/C25H30N2O3/c1-17(2)20-15-21-19(14-25(28)30-24(21)13-18(20)3)16-26-9-11-27(12-10-26)22-7-5-6-8-23(22)29-4/h5-8,13-15,17H,9-12,16H2,1-4H3. The normalized spacial score (nSPS) is 15.2. The van der Waals surface area contributed by atoms with Gasteiger partial charge in [0.1, 0.15) is 11.3 Å². The fraction of sp³-hybridized carbons (Fsp3) is 0.400. The van der Waals surface area contributed by atoms with Crippen molar-refractivity contribution in [1.29, 1.82) is 0 Å². The summed E-state index contributed by atoms with van der Waals surface area (Å²) in [5.74, 6) is 1.34. The quantitative estimate of drug-likeness (QED) is 0.582. The van der Waals surface area contributed by atoms with E-state index in [-0.39, 0.29) is 5.63 Å². The van der Waals surface area contributed by atoms with Crippen LogP contribution < -0.4 is 15.3 Å². The maximum Gasteiger partial charge on any atom is 0.336 e. The molecule has 1 aromatic heterocycles. The van der Waals surface area contributed by atoms with E-state index >= 15 is 0 Å². The van der Waals surface area contributed by atoms with Crippen molar-refractivity contribution in [1.82, 2.24) is 4.90 Å². The van der Waals surface area contributed by atoms with Crippen LogP contribution in [-0.4, -0.2) is 38.2 Å². The molecule has 158 valence electrons. The van der Waals surface area contributed by atoms with E-state index < -0.39 is 0 Å². The van der Waals surface area contributed by atoms with Crippen LogP contribution >= 0.6 is 0 Å². The van der Waals surface area contributed by atoms with Gasteiger partial charge in [0.15, 0.2) is 0 Å². The van der Waals surface area contributed by atoms with E-state index in [9.17, 15) is 4.79 Å². The Morgan fingerprint density at radius 1 is 1.07 bits per heavy atom. The van der Waals surface area contributed by atoms with E-state index in [0.29, 0.717) is 11.5 Å².